The number of likely N-dealkylation sites (tertiary alicyclic amines) is 1. The molecule has 0 aromatic heterocycles. The fourth-order valence-electron chi connectivity index (χ4n) is 4.45. The number of hydrogen-bond acceptors (Lipinski definition) is 5. The van der Waals surface area contributed by atoms with E-state index in [1.807, 2.05) is 11.9 Å². The lowest BCUT2D eigenvalue weighted by atomic mass is 9.94. The van der Waals surface area contributed by atoms with Crippen LogP contribution in [-0.2, 0) is 14.3 Å². The van der Waals surface area contributed by atoms with Crippen molar-refractivity contribution >= 4 is 11.9 Å². The summed E-state index contributed by atoms with van der Waals surface area (Å²) < 4.78 is 11.3. The van der Waals surface area contributed by atoms with Gasteiger partial charge in [0.25, 0.3) is 0 Å². The van der Waals surface area contributed by atoms with E-state index in [0.29, 0.717) is 0 Å². The van der Waals surface area contributed by atoms with Gasteiger partial charge in [0.2, 0.25) is 5.91 Å². The summed E-state index contributed by atoms with van der Waals surface area (Å²) >= 11 is 0. The van der Waals surface area contributed by atoms with Crippen molar-refractivity contribution in [2.24, 2.45) is 4.99 Å². The van der Waals surface area contributed by atoms with Gasteiger partial charge in [0, 0.05) is 86.0 Å². The lowest BCUT2D eigenvalue weighted by Crippen LogP contribution is -2.58. The van der Waals surface area contributed by atoms with Gasteiger partial charge in [-0.15, -0.1) is 0 Å². The van der Waals surface area contributed by atoms with Crippen LogP contribution in [0.25, 0.3) is 0 Å². The number of carbonyl (C=O) groups excluding carboxylic acids is 1. The SMILES string of the molecule is CN=C(NCC1(OC)CCOCC1)N1CCN(C(C)C(=O)N2CCCC2)CC1. The van der Waals surface area contributed by atoms with Gasteiger partial charge in [-0.3, -0.25) is 14.7 Å². The molecule has 0 saturated carbocycles. The highest BCUT2D eigenvalue weighted by Gasteiger charge is 2.34. The van der Waals surface area contributed by atoms with E-state index in [1.54, 1.807) is 7.11 Å². The number of amides is 1. The number of methoxy groups -OCH3 is 1. The average molecular weight is 396 g/mol. The number of nitrogens with one attached hydrogen (secondary N) is 1. The molecule has 0 bridgehead atoms. The predicted molar refractivity (Wildman–Crippen MR) is 110 cm³/mol. The lowest BCUT2D eigenvalue weighted by Gasteiger charge is -2.41. The molecule has 3 aliphatic heterocycles. The van der Waals surface area contributed by atoms with Crippen LogP contribution >= 0.6 is 0 Å². The molecule has 3 heterocycles. The Morgan fingerprint density at radius 1 is 1.11 bits per heavy atom. The molecular weight excluding hydrogens is 358 g/mol. The van der Waals surface area contributed by atoms with E-state index in [-0.39, 0.29) is 17.6 Å². The summed E-state index contributed by atoms with van der Waals surface area (Å²) in [4.78, 5) is 23.8. The molecule has 0 aliphatic carbocycles. The lowest BCUT2D eigenvalue weighted by molar-refractivity contribution is -0.135. The molecular formula is C20H37N5O3. The van der Waals surface area contributed by atoms with Crippen molar-refractivity contribution in [1.29, 1.82) is 0 Å². The quantitative estimate of drug-likeness (QED) is 0.536. The Bertz CT molecular complexity index is 536. The Balaban J connectivity index is 1.47. The molecule has 0 spiro atoms. The van der Waals surface area contributed by atoms with Crippen LogP contribution in [0.4, 0.5) is 0 Å². The monoisotopic (exact) mass is 395 g/mol. The number of ether oxygens (including phenoxy) is 2. The first kappa shape index (κ1) is 21.3. The van der Waals surface area contributed by atoms with Gasteiger partial charge in [-0.2, -0.15) is 0 Å². The summed E-state index contributed by atoms with van der Waals surface area (Å²) in [5, 5.41) is 3.51. The third-order valence-electron chi connectivity index (χ3n) is 6.55. The van der Waals surface area contributed by atoms with Crippen molar-refractivity contribution in [3.8, 4) is 0 Å². The van der Waals surface area contributed by atoms with Gasteiger partial charge < -0.3 is 24.6 Å². The fraction of sp³-hybridized carbons (Fsp3) is 0.900. The summed E-state index contributed by atoms with van der Waals surface area (Å²) in [6, 6.07) is -0.0331. The van der Waals surface area contributed by atoms with Gasteiger partial charge in [0.15, 0.2) is 5.96 Å². The van der Waals surface area contributed by atoms with Crippen LogP contribution in [0.5, 0.6) is 0 Å². The second kappa shape index (κ2) is 9.89. The number of carbonyl (C=O) groups is 1. The highest BCUT2D eigenvalue weighted by molar-refractivity contribution is 5.82. The minimum Gasteiger partial charge on any atom is -0.381 e. The van der Waals surface area contributed by atoms with Crippen molar-refractivity contribution < 1.29 is 14.3 Å². The smallest absolute Gasteiger partial charge is 0.239 e. The number of hydrogen-bond donors (Lipinski definition) is 1. The highest BCUT2D eigenvalue weighted by Crippen LogP contribution is 2.23. The van der Waals surface area contributed by atoms with E-state index in [9.17, 15) is 4.79 Å². The van der Waals surface area contributed by atoms with Crippen LogP contribution < -0.4 is 5.32 Å². The van der Waals surface area contributed by atoms with Crippen molar-refractivity contribution in [3.05, 3.63) is 0 Å². The van der Waals surface area contributed by atoms with Crippen molar-refractivity contribution in [2.75, 3.05) is 73.2 Å². The molecule has 160 valence electrons. The van der Waals surface area contributed by atoms with E-state index < -0.39 is 0 Å². The van der Waals surface area contributed by atoms with Gasteiger partial charge in [-0.1, -0.05) is 0 Å². The molecule has 3 rings (SSSR count). The second-order valence-electron chi connectivity index (χ2n) is 8.13. The first-order chi connectivity index (χ1) is 13.6. The van der Waals surface area contributed by atoms with E-state index in [0.717, 1.165) is 90.7 Å². The molecule has 8 nitrogen and oxygen atoms in total. The molecule has 3 saturated heterocycles. The molecule has 1 N–H and O–H groups in total. The molecule has 3 fully saturated rings. The number of piperazine rings is 1. The molecule has 0 aromatic carbocycles. The zero-order valence-corrected chi connectivity index (χ0v) is 17.8. The van der Waals surface area contributed by atoms with Crippen LogP contribution in [0.15, 0.2) is 4.99 Å². The summed E-state index contributed by atoms with van der Waals surface area (Å²) in [5.74, 6) is 1.20. The van der Waals surface area contributed by atoms with Gasteiger partial charge in [0.05, 0.1) is 11.6 Å². The number of nitrogens with zero attached hydrogens (tertiary/aromatic N) is 4. The zero-order valence-electron chi connectivity index (χ0n) is 17.8. The summed E-state index contributed by atoms with van der Waals surface area (Å²) in [6.45, 7) is 9.64. The Hall–Kier alpha value is -1.38. The second-order valence-corrected chi connectivity index (χ2v) is 8.13. The molecule has 1 amide bonds. The first-order valence-corrected chi connectivity index (χ1v) is 10.7. The van der Waals surface area contributed by atoms with E-state index in [2.05, 4.69) is 27.0 Å². The van der Waals surface area contributed by atoms with Gasteiger partial charge in [-0.05, 0) is 19.8 Å². The Morgan fingerprint density at radius 3 is 2.32 bits per heavy atom. The first-order valence-electron chi connectivity index (χ1n) is 10.7. The Morgan fingerprint density at radius 2 is 1.75 bits per heavy atom. The average Bonchev–Trinajstić information content (AvgIpc) is 3.29. The largest absolute Gasteiger partial charge is 0.381 e. The standard InChI is InChI=1S/C20H37N5O3/c1-17(18(26)24-8-4-5-9-24)23-10-12-25(13-11-23)19(21-2)22-16-20(27-3)6-14-28-15-7-20/h17H,4-16H2,1-3H3,(H,21,22). The number of guanidine groups is 1. The summed E-state index contributed by atoms with van der Waals surface area (Å²) in [7, 11) is 3.62. The topological polar surface area (TPSA) is 69.6 Å². The molecule has 0 radical (unpaired) electrons. The minimum absolute atomic E-state index is 0.0331. The van der Waals surface area contributed by atoms with Gasteiger partial charge in [-0.25, -0.2) is 0 Å². The predicted octanol–water partition coefficient (Wildman–Crippen LogP) is 0.386. The maximum atomic E-state index is 12.7. The zero-order chi connectivity index (χ0) is 20.0. The van der Waals surface area contributed by atoms with Gasteiger partial charge in [0.1, 0.15) is 0 Å². The third-order valence-corrected chi connectivity index (χ3v) is 6.55. The van der Waals surface area contributed by atoms with E-state index >= 15 is 0 Å². The third kappa shape index (κ3) is 4.96. The Labute approximate surface area is 169 Å². The molecule has 0 aromatic rings. The maximum Gasteiger partial charge on any atom is 0.239 e. The number of aliphatic imine (C=N–C) groups is 1. The van der Waals surface area contributed by atoms with Crippen LogP contribution in [0.3, 0.4) is 0 Å². The van der Waals surface area contributed by atoms with Crippen molar-refractivity contribution in [3.63, 3.8) is 0 Å². The molecule has 3 aliphatic rings. The summed E-state index contributed by atoms with van der Waals surface area (Å²) in [5.41, 5.74) is -0.174. The Kier molecular flexibility index (Phi) is 7.54. The van der Waals surface area contributed by atoms with Crippen LogP contribution in [0.2, 0.25) is 0 Å². The normalized spacial score (nSPS) is 25.0. The van der Waals surface area contributed by atoms with Crippen LogP contribution in [-0.4, -0.2) is 111 Å². The van der Waals surface area contributed by atoms with E-state index in [4.69, 9.17) is 9.47 Å². The maximum absolute atomic E-state index is 12.7. The van der Waals surface area contributed by atoms with Crippen molar-refractivity contribution in [2.45, 2.75) is 44.2 Å². The highest BCUT2D eigenvalue weighted by atomic mass is 16.5. The van der Waals surface area contributed by atoms with Crippen LogP contribution in [0, 0.1) is 0 Å². The molecule has 1 unspecified atom stereocenters. The molecule has 28 heavy (non-hydrogen) atoms. The van der Waals surface area contributed by atoms with Crippen LogP contribution in [0.1, 0.15) is 32.6 Å². The van der Waals surface area contributed by atoms with E-state index in [1.165, 1.54) is 0 Å². The van der Waals surface area contributed by atoms with Crippen molar-refractivity contribution in [1.82, 2.24) is 20.0 Å². The summed E-state index contributed by atoms with van der Waals surface area (Å²) in [6.07, 6.45) is 4.08. The minimum atomic E-state index is -0.174. The molecule has 1 atom stereocenters. The fourth-order valence-corrected chi connectivity index (χ4v) is 4.45. The number of rotatable bonds is 5. The molecule has 8 heteroatoms. The van der Waals surface area contributed by atoms with Gasteiger partial charge >= 0.3 is 0 Å².